The highest BCUT2D eigenvalue weighted by molar-refractivity contribution is 5.31. The first-order chi connectivity index (χ1) is 12.8. The van der Waals surface area contributed by atoms with Gasteiger partial charge in [0.25, 0.3) is 5.95 Å². The number of rotatable bonds is 5. The van der Waals surface area contributed by atoms with Gasteiger partial charge in [0.15, 0.2) is 0 Å². The fraction of sp³-hybridized carbons (Fsp3) is 0.136. The molecule has 0 fully saturated rings. The first-order valence-electron chi connectivity index (χ1n) is 8.72. The third-order valence-electron chi connectivity index (χ3n) is 4.26. The Labute approximate surface area is 153 Å². The number of hydrogen-bond acceptors (Lipinski definition) is 3. The van der Waals surface area contributed by atoms with Crippen LogP contribution in [-0.4, -0.2) is 19.7 Å². The summed E-state index contributed by atoms with van der Waals surface area (Å²) in [5, 5.41) is 4.38. The van der Waals surface area contributed by atoms with Crippen LogP contribution in [0.1, 0.15) is 28.1 Å². The summed E-state index contributed by atoms with van der Waals surface area (Å²) in [5.74, 6) is 0.607. The normalized spacial score (nSPS) is 10.8. The van der Waals surface area contributed by atoms with E-state index in [1.807, 2.05) is 31.3 Å². The number of aromatic nitrogens is 4. The van der Waals surface area contributed by atoms with Gasteiger partial charge in [-0.15, -0.1) is 0 Å². The molecule has 2 aromatic heterocycles. The zero-order valence-corrected chi connectivity index (χ0v) is 14.7. The SMILES string of the molecule is Cc1ccn(-c2nccc(Cc3cccc(Cc4ccccc4)c3)n2)n1. The third-order valence-corrected chi connectivity index (χ3v) is 4.26. The molecule has 128 valence electrons. The summed E-state index contributed by atoms with van der Waals surface area (Å²) in [5.41, 5.74) is 5.82. The van der Waals surface area contributed by atoms with Crippen LogP contribution in [0.15, 0.2) is 79.1 Å². The standard InChI is InChI=1S/C22H20N4/c1-17-11-13-26(25-17)22-23-12-10-21(24-22)16-20-9-5-8-19(15-20)14-18-6-3-2-4-7-18/h2-13,15H,14,16H2,1H3. The Hall–Kier alpha value is -3.27. The molecule has 0 spiro atoms. The molecule has 0 amide bonds. The predicted molar refractivity (Wildman–Crippen MR) is 102 cm³/mol. The summed E-state index contributed by atoms with van der Waals surface area (Å²) < 4.78 is 1.71. The summed E-state index contributed by atoms with van der Waals surface area (Å²) in [6.45, 7) is 1.96. The molecule has 0 unspecified atom stereocenters. The van der Waals surface area contributed by atoms with E-state index >= 15 is 0 Å². The van der Waals surface area contributed by atoms with Crippen LogP contribution in [0.3, 0.4) is 0 Å². The van der Waals surface area contributed by atoms with Crippen LogP contribution in [0.4, 0.5) is 0 Å². The molecule has 0 aliphatic rings. The number of hydrogen-bond donors (Lipinski definition) is 0. The van der Waals surface area contributed by atoms with Crippen LogP contribution in [0.2, 0.25) is 0 Å². The second kappa shape index (κ2) is 7.31. The predicted octanol–water partition coefficient (Wildman–Crippen LogP) is 4.15. The lowest BCUT2D eigenvalue weighted by atomic mass is 10.0. The average Bonchev–Trinajstić information content (AvgIpc) is 3.10. The summed E-state index contributed by atoms with van der Waals surface area (Å²) in [7, 11) is 0. The van der Waals surface area contributed by atoms with E-state index in [4.69, 9.17) is 0 Å². The van der Waals surface area contributed by atoms with Gasteiger partial charge in [-0.2, -0.15) is 5.10 Å². The van der Waals surface area contributed by atoms with Gasteiger partial charge in [0.2, 0.25) is 0 Å². The minimum absolute atomic E-state index is 0.607. The van der Waals surface area contributed by atoms with E-state index in [-0.39, 0.29) is 0 Å². The van der Waals surface area contributed by atoms with Crippen molar-refractivity contribution in [2.24, 2.45) is 0 Å². The molecule has 0 bridgehead atoms. The van der Waals surface area contributed by atoms with Gasteiger partial charge in [-0.3, -0.25) is 0 Å². The lowest BCUT2D eigenvalue weighted by molar-refractivity contribution is 0.786. The van der Waals surface area contributed by atoms with Crippen LogP contribution in [0, 0.1) is 6.92 Å². The van der Waals surface area contributed by atoms with E-state index < -0.39 is 0 Å². The lowest BCUT2D eigenvalue weighted by Gasteiger charge is -2.07. The Morgan fingerprint density at radius 2 is 1.58 bits per heavy atom. The molecule has 0 radical (unpaired) electrons. The van der Waals surface area contributed by atoms with Crippen molar-refractivity contribution in [3.63, 3.8) is 0 Å². The molecule has 2 aromatic carbocycles. The molecule has 4 rings (SSSR count). The summed E-state index contributed by atoms with van der Waals surface area (Å²) in [6, 6.07) is 23.1. The van der Waals surface area contributed by atoms with E-state index in [1.54, 1.807) is 10.9 Å². The Morgan fingerprint density at radius 3 is 2.35 bits per heavy atom. The molecular formula is C22H20N4. The molecule has 0 atom stereocenters. The zero-order valence-electron chi connectivity index (χ0n) is 14.7. The van der Waals surface area contributed by atoms with Gasteiger partial charge in [0.05, 0.1) is 11.4 Å². The Bertz CT molecular complexity index is 1010. The first kappa shape index (κ1) is 16.2. The molecule has 26 heavy (non-hydrogen) atoms. The summed E-state index contributed by atoms with van der Waals surface area (Å²) in [6.07, 6.45) is 5.39. The van der Waals surface area contributed by atoms with Gasteiger partial charge in [-0.05, 0) is 42.2 Å². The van der Waals surface area contributed by atoms with Gasteiger partial charge in [0, 0.05) is 18.8 Å². The Kier molecular flexibility index (Phi) is 4.56. The van der Waals surface area contributed by atoms with Crippen LogP contribution < -0.4 is 0 Å². The van der Waals surface area contributed by atoms with Crippen molar-refractivity contribution in [1.82, 2.24) is 19.7 Å². The molecule has 0 N–H and O–H groups in total. The molecule has 2 heterocycles. The van der Waals surface area contributed by atoms with Gasteiger partial charge in [0.1, 0.15) is 0 Å². The molecule has 4 heteroatoms. The number of aryl methyl sites for hydroxylation is 1. The molecular weight excluding hydrogens is 320 g/mol. The smallest absolute Gasteiger partial charge is 0.220 e. The van der Waals surface area contributed by atoms with Crippen LogP contribution in [0.5, 0.6) is 0 Å². The molecule has 4 nitrogen and oxygen atoms in total. The van der Waals surface area contributed by atoms with Crippen LogP contribution in [0.25, 0.3) is 5.95 Å². The third kappa shape index (κ3) is 3.86. The van der Waals surface area contributed by atoms with Crippen molar-refractivity contribution in [2.75, 3.05) is 0 Å². The number of nitrogens with zero attached hydrogens (tertiary/aromatic N) is 4. The Morgan fingerprint density at radius 1 is 0.808 bits per heavy atom. The fourth-order valence-electron chi connectivity index (χ4n) is 3.01. The first-order valence-corrected chi connectivity index (χ1v) is 8.72. The largest absolute Gasteiger partial charge is 0.250 e. The van der Waals surface area contributed by atoms with Crippen molar-refractivity contribution < 1.29 is 0 Å². The zero-order chi connectivity index (χ0) is 17.8. The summed E-state index contributed by atoms with van der Waals surface area (Å²) in [4.78, 5) is 8.98. The van der Waals surface area contributed by atoms with E-state index in [0.717, 1.165) is 24.2 Å². The number of benzene rings is 2. The van der Waals surface area contributed by atoms with Gasteiger partial charge < -0.3 is 0 Å². The topological polar surface area (TPSA) is 43.6 Å². The second-order valence-electron chi connectivity index (χ2n) is 6.41. The van der Waals surface area contributed by atoms with Crippen molar-refractivity contribution in [1.29, 1.82) is 0 Å². The van der Waals surface area contributed by atoms with Gasteiger partial charge in [-0.1, -0.05) is 54.6 Å². The van der Waals surface area contributed by atoms with E-state index in [9.17, 15) is 0 Å². The monoisotopic (exact) mass is 340 g/mol. The minimum atomic E-state index is 0.607. The highest BCUT2D eigenvalue weighted by atomic mass is 15.3. The van der Waals surface area contributed by atoms with Crippen LogP contribution in [-0.2, 0) is 12.8 Å². The Balaban J connectivity index is 1.53. The molecule has 0 saturated heterocycles. The van der Waals surface area contributed by atoms with Crippen molar-refractivity contribution in [3.05, 3.63) is 107 Å². The van der Waals surface area contributed by atoms with Crippen molar-refractivity contribution in [3.8, 4) is 5.95 Å². The van der Waals surface area contributed by atoms with E-state index in [1.165, 1.54) is 16.7 Å². The van der Waals surface area contributed by atoms with Crippen molar-refractivity contribution >= 4 is 0 Å². The maximum atomic E-state index is 4.65. The summed E-state index contributed by atoms with van der Waals surface area (Å²) >= 11 is 0. The fourth-order valence-corrected chi connectivity index (χ4v) is 3.01. The van der Waals surface area contributed by atoms with E-state index in [2.05, 4.69) is 63.6 Å². The minimum Gasteiger partial charge on any atom is -0.220 e. The molecule has 0 saturated carbocycles. The van der Waals surface area contributed by atoms with E-state index in [0.29, 0.717) is 5.95 Å². The second-order valence-corrected chi connectivity index (χ2v) is 6.41. The highest BCUT2D eigenvalue weighted by Crippen LogP contribution is 2.14. The average molecular weight is 340 g/mol. The van der Waals surface area contributed by atoms with Gasteiger partial charge >= 0.3 is 0 Å². The molecule has 0 aliphatic heterocycles. The maximum Gasteiger partial charge on any atom is 0.250 e. The molecule has 4 aromatic rings. The van der Waals surface area contributed by atoms with Crippen molar-refractivity contribution in [2.45, 2.75) is 19.8 Å². The quantitative estimate of drug-likeness (QED) is 0.548. The van der Waals surface area contributed by atoms with Crippen LogP contribution >= 0.6 is 0 Å². The lowest BCUT2D eigenvalue weighted by Crippen LogP contribution is -2.04. The van der Waals surface area contributed by atoms with Gasteiger partial charge in [-0.25, -0.2) is 14.6 Å². The molecule has 0 aliphatic carbocycles. The highest BCUT2D eigenvalue weighted by Gasteiger charge is 2.05. The maximum absolute atomic E-state index is 4.65.